The minimum Gasteiger partial charge on any atom is -0.378 e. The first-order chi connectivity index (χ1) is 12.2. The van der Waals surface area contributed by atoms with Crippen LogP contribution in [0.5, 0.6) is 0 Å². The number of halogens is 1. The molecule has 3 heterocycles. The molecule has 132 valence electrons. The zero-order valence-corrected chi connectivity index (χ0v) is 14.1. The van der Waals surface area contributed by atoms with Gasteiger partial charge in [0, 0.05) is 38.1 Å². The van der Waals surface area contributed by atoms with Crippen molar-refractivity contribution in [2.24, 2.45) is 0 Å². The third-order valence-electron chi connectivity index (χ3n) is 5.00. The largest absolute Gasteiger partial charge is 0.378 e. The van der Waals surface area contributed by atoms with E-state index in [0.29, 0.717) is 32.8 Å². The monoisotopic (exact) mass is 343 g/mol. The Kier molecular flexibility index (Phi) is 4.55. The van der Waals surface area contributed by atoms with Gasteiger partial charge in [-0.2, -0.15) is 0 Å². The lowest BCUT2D eigenvalue weighted by Gasteiger charge is -2.38. The number of benzene rings is 1. The predicted molar refractivity (Wildman–Crippen MR) is 91.6 cm³/mol. The molecule has 1 fully saturated rings. The maximum Gasteiger partial charge on any atom is 0.236 e. The fourth-order valence-electron chi connectivity index (χ4n) is 3.75. The van der Waals surface area contributed by atoms with Gasteiger partial charge in [0.15, 0.2) is 0 Å². The molecule has 0 N–H and O–H groups in total. The Bertz CT molecular complexity index is 755. The van der Waals surface area contributed by atoms with Crippen LogP contribution in [0.2, 0.25) is 0 Å². The van der Waals surface area contributed by atoms with E-state index in [1.165, 1.54) is 6.07 Å². The van der Waals surface area contributed by atoms with Crippen LogP contribution in [-0.2, 0) is 16.1 Å². The highest BCUT2D eigenvalue weighted by molar-refractivity contribution is 5.78. The number of carbonyl (C=O) groups excluding carboxylic acids is 1. The van der Waals surface area contributed by atoms with Gasteiger partial charge in [-0.25, -0.2) is 4.39 Å². The zero-order chi connectivity index (χ0) is 17.2. The Morgan fingerprint density at radius 2 is 1.96 bits per heavy atom. The molecule has 1 atom stereocenters. The van der Waals surface area contributed by atoms with Crippen LogP contribution in [0.15, 0.2) is 42.6 Å². The second-order valence-electron chi connectivity index (χ2n) is 6.55. The number of rotatable bonds is 3. The topological polar surface area (TPSA) is 37.7 Å². The summed E-state index contributed by atoms with van der Waals surface area (Å²) in [6.45, 7) is 4.43. The standard InChI is InChI=1S/C19H22FN3O2/c20-16-4-1-3-15(13-16)19-17-5-2-6-21(17)7-8-23(19)14-18(24)22-9-11-25-12-10-22/h1-6,13,19H,7-12,14H2. The molecule has 0 bridgehead atoms. The van der Waals surface area contributed by atoms with Crippen LogP contribution in [0, 0.1) is 5.82 Å². The third kappa shape index (κ3) is 3.32. The normalized spacial score (nSPS) is 21.2. The molecular formula is C19H22FN3O2. The lowest BCUT2D eigenvalue weighted by molar-refractivity contribution is -0.137. The molecular weight excluding hydrogens is 321 g/mol. The highest BCUT2D eigenvalue weighted by atomic mass is 19.1. The van der Waals surface area contributed by atoms with Crippen LogP contribution in [0.3, 0.4) is 0 Å². The van der Waals surface area contributed by atoms with Gasteiger partial charge in [-0.1, -0.05) is 12.1 Å². The second kappa shape index (κ2) is 6.98. The molecule has 1 aromatic carbocycles. The fourth-order valence-corrected chi connectivity index (χ4v) is 3.75. The van der Waals surface area contributed by atoms with Crippen LogP contribution in [0.4, 0.5) is 4.39 Å². The van der Waals surface area contributed by atoms with Gasteiger partial charge in [-0.3, -0.25) is 9.69 Å². The summed E-state index contributed by atoms with van der Waals surface area (Å²) >= 11 is 0. The summed E-state index contributed by atoms with van der Waals surface area (Å²) in [5, 5.41) is 0. The van der Waals surface area contributed by atoms with Crippen LogP contribution in [0.1, 0.15) is 17.3 Å². The number of hydrogen-bond acceptors (Lipinski definition) is 3. The van der Waals surface area contributed by atoms with E-state index in [-0.39, 0.29) is 17.8 Å². The quantitative estimate of drug-likeness (QED) is 0.854. The molecule has 0 spiro atoms. The van der Waals surface area contributed by atoms with Crippen molar-refractivity contribution >= 4 is 5.91 Å². The summed E-state index contributed by atoms with van der Waals surface area (Å²) in [5.41, 5.74) is 1.99. The Hall–Kier alpha value is -2.18. The molecule has 0 saturated carbocycles. The van der Waals surface area contributed by atoms with E-state index >= 15 is 0 Å². The van der Waals surface area contributed by atoms with E-state index in [1.54, 1.807) is 12.1 Å². The molecule has 4 rings (SSSR count). The number of aromatic nitrogens is 1. The number of amides is 1. The molecule has 0 radical (unpaired) electrons. The van der Waals surface area contributed by atoms with Crippen molar-refractivity contribution < 1.29 is 13.9 Å². The van der Waals surface area contributed by atoms with Gasteiger partial charge in [0.25, 0.3) is 0 Å². The first-order valence-corrected chi connectivity index (χ1v) is 8.72. The average Bonchev–Trinajstić information content (AvgIpc) is 3.11. The number of ether oxygens (including phenoxy) is 1. The van der Waals surface area contributed by atoms with E-state index in [2.05, 4.69) is 15.5 Å². The van der Waals surface area contributed by atoms with Crippen molar-refractivity contribution in [3.8, 4) is 0 Å². The highest BCUT2D eigenvalue weighted by Crippen LogP contribution is 2.32. The lowest BCUT2D eigenvalue weighted by Crippen LogP contribution is -2.48. The first-order valence-electron chi connectivity index (χ1n) is 8.72. The molecule has 2 aromatic rings. The van der Waals surface area contributed by atoms with Crippen LogP contribution in [-0.4, -0.2) is 59.7 Å². The van der Waals surface area contributed by atoms with Crippen LogP contribution < -0.4 is 0 Å². The van der Waals surface area contributed by atoms with Crippen molar-refractivity contribution in [3.05, 3.63) is 59.7 Å². The smallest absolute Gasteiger partial charge is 0.236 e. The third-order valence-corrected chi connectivity index (χ3v) is 5.00. The summed E-state index contributed by atoms with van der Waals surface area (Å²) in [4.78, 5) is 16.7. The Morgan fingerprint density at radius 1 is 1.12 bits per heavy atom. The summed E-state index contributed by atoms with van der Waals surface area (Å²) in [7, 11) is 0. The Balaban J connectivity index is 1.60. The minimum absolute atomic E-state index is 0.107. The Labute approximate surface area is 146 Å². The molecule has 6 heteroatoms. The van der Waals surface area contributed by atoms with Crippen molar-refractivity contribution in [2.75, 3.05) is 39.4 Å². The van der Waals surface area contributed by atoms with Gasteiger partial charge in [0.1, 0.15) is 5.82 Å². The van der Waals surface area contributed by atoms with Gasteiger partial charge in [0.05, 0.1) is 25.8 Å². The SMILES string of the molecule is O=C(CN1CCn2cccc2C1c1cccc(F)c1)N1CCOCC1. The van der Waals surface area contributed by atoms with Crippen LogP contribution in [0.25, 0.3) is 0 Å². The summed E-state index contributed by atoms with van der Waals surface area (Å²) in [6, 6.07) is 10.6. The molecule has 0 aliphatic carbocycles. The van der Waals surface area contributed by atoms with E-state index in [9.17, 15) is 9.18 Å². The van der Waals surface area contributed by atoms with Crippen molar-refractivity contribution in [1.82, 2.24) is 14.4 Å². The number of fused-ring (bicyclic) bond motifs is 1. The van der Waals surface area contributed by atoms with E-state index in [4.69, 9.17) is 4.74 Å². The van der Waals surface area contributed by atoms with Crippen LogP contribution >= 0.6 is 0 Å². The molecule has 1 saturated heterocycles. The predicted octanol–water partition coefficient (Wildman–Crippen LogP) is 1.89. The number of hydrogen-bond donors (Lipinski definition) is 0. The molecule has 5 nitrogen and oxygen atoms in total. The fraction of sp³-hybridized carbons (Fsp3) is 0.421. The number of morpholine rings is 1. The van der Waals surface area contributed by atoms with Gasteiger partial charge in [-0.05, 0) is 29.8 Å². The van der Waals surface area contributed by atoms with Crippen molar-refractivity contribution in [1.29, 1.82) is 0 Å². The average molecular weight is 343 g/mol. The summed E-state index contributed by atoms with van der Waals surface area (Å²) in [5.74, 6) is -0.134. The molecule has 1 aromatic heterocycles. The first kappa shape index (κ1) is 16.3. The van der Waals surface area contributed by atoms with E-state index in [1.807, 2.05) is 23.2 Å². The molecule has 2 aliphatic rings. The zero-order valence-electron chi connectivity index (χ0n) is 14.1. The van der Waals surface area contributed by atoms with E-state index < -0.39 is 0 Å². The maximum atomic E-state index is 13.8. The summed E-state index contributed by atoms with van der Waals surface area (Å²) < 4.78 is 21.3. The number of carbonyl (C=O) groups is 1. The van der Waals surface area contributed by atoms with E-state index in [0.717, 1.165) is 24.3 Å². The minimum atomic E-state index is -0.249. The molecule has 25 heavy (non-hydrogen) atoms. The summed E-state index contributed by atoms with van der Waals surface area (Å²) in [6.07, 6.45) is 2.04. The second-order valence-corrected chi connectivity index (χ2v) is 6.55. The van der Waals surface area contributed by atoms with Gasteiger partial charge in [-0.15, -0.1) is 0 Å². The molecule has 1 unspecified atom stereocenters. The van der Waals surface area contributed by atoms with Crippen molar-refractivity contribution in [3.63, 3.8) is 0 Å². The van der Waals surface area contributed by atoms with Crippen molar-refractivity contribution in [2.45, 2.75) is 12.6 Å². The Morgan fingerprint density at radius 3 is 2.76 bits per heavy atom. The molecule has 1 amide bonds. The molecule has 2 aliphatic heterocycles. The highest BCUT2D eigenvalue weighted by Gasteiger charge is 2.31. The van der Waals surface area contributed by atoms with Gasteiger partial charge >= 0.3 is 0 Å². The van der Waals surface area contributed by atoms with Gasteiger partial charge in [0.2, 0.25) is 5.91 Å². The number of nitrogens with zero attached hydrogens (tertiary/aromatic N) is 3. The maximum absolute atomic E-state index is 13.8. The van der Waals surface area contributed by atoms with Gasteiger partial charge < -0.3 is 14.2 Å². The lowest BCUT2D eigenvalue weighted by atomic mass is 9.99.